The van der Waals surface area contributed by atoms with Gasteiger partial charge in [-0.1, -0.05) is 23.7 Å². The third kappa shape index (κ3) is 2.85. The molecular formula is C14H16ClNO2. The molecular weight excluding hydrogens is 250 g/mol. The van der Waals surface area contributed by atoms with Gasteiger partial charge >= 0.3 is 6.09 Å². The van der Waals surface area contributed by atoms with Crippen molar-refractivity contribution in [3.05, 3.63) is 40.5 Å². The summed E-state index contributed by atoms with van der Waals surface area (Å²) in [6, 6.07) is 5.70. The Balaban J connectivity index is 2.18. The number of amides is 1. The highest BCUT2D eigenvalue weighted by atomic mass is 35.5. The van der Waals surface area contributed by atoms with Crippen LogP contribution in [0.4, 0.5) is 4.79 Å². The molecule has 3 nitrogen and oxygen atoms in total. The lowest BCUT2D eigenvalue weighted by Gasteiger charge is -2.27. The van der Waals surface area contributed by atoms with E-state index in [-0.39, 0.29) is 6.09 Å². The Hall–Kier alpha value is -1.48. The Morgan fingerprint density at radius 1 is 1.39 bits per heavy atom. The van der Waals surface area contributed by atoms with Crippen molar-refractivity contribution in [2.75, 3.05) is 0 Å². The zero-order valence-electron chi connectivity index (χ0n) is 10.7. The van der Waals surface area contributed by atoms with Gasteiger partial charge in [0.15, 0.2) is 0 Å². The van der Waals surface area contributed by atoms with Gasteiger partial charge in [-0.3, -0.25) is 4.90 Å². The van der Waals surface area contributed by atoms with Gasteiger partial charge < -0.3 is 4.74 Å². The average Bonchev–Trinajstić information content (AvgIpc) is 2.27. The Labute approximate surface area is 112 Å². The van der Waals surface area contributed by atoms with Crippen molar-refractivity contribution in [2.45, 2.75) is 32.9 Å². The van der Waals surface area contributed by atoms with E-state index in [1.807, 2.05) is 45.0 Å². The molecule has 1 aromatic carbocycles. The minimum atomic E-state index is -0.494. The lowest BCUT2D eigenvalue weighted by Crippen LogP contribution is -2.34. The van der Waals surface area contributed by atoms with Crippen LogP contribution in [0.3, 0.4) is 0 Å². The van der Waals surface area contributed by atoms with Crippen LogP contribution in [0.5, 0.6) is 0 Å². The molecule has 0 fully saturated rings. The number of rotatable bonds is 0. The molecule has 0 radical (unpaired) electrons. The first kappa shape index (κ1) is 13.0. The normalized spacial score (nSPS) is 14.3. The van der Waals surface area contributed by atoms with E-state index in [4.69, 9.17) is 16.3 Å². The van der Waals surface area contributed by atoms with Crippen LogP contribution in [0, 0.1) is 0 Å². The van der Waals surface area contributed by atoms with Crippen molar-refractivity contribution < 1.29 is 9.53 Å². The summed E-state index contributed by atoms with van der Waals surface area (Å²) in [6.07, 6.45) is 3.24. The van der Waals surface area contributed by atoms with Crippen LogP contribution in [-0.2, 0) is 11.3 Å². The molecule has 96 valence electrons. The molecule has 1 aliphatic rings. The highest BCUT2D eigenvalue weighted by Gasteiger charge is 2.23. The topological polar surface area (TPSA) is 29.5 Å². The number of nitrogens with zero attached hydrogens (tertiary/aromatic N) is 1. The lowest BCUT2D eigenvalue weighted by molar-refractivity contribution is 0.0322. The third-order valence-electron chi connectivity index (χ3n) is 2.55. The Bertz CT molecular complexity index is 503. The average molecular weight is 266 g/mol. The van der Waals surface area contributed by atoms with E-state index < -0.39 is 5.60 Å². The smallest absolute Gasteiger partial charge is 0.414 e. The molecule has 18 heavy (non-hydrogen) atoms. The van der Waals surface area contributed by atoms with Crippen molar-refractivity contribution in [1.82, 2.24) is 4.90 Å². The summed E-state index contributed by atoms with van der Waals surface area (Å²) in [5, 5.41) is 0.672. The van der Waals surface area contributed by atoms with Crippen LogP contribution in [0.1, 0.15) is 31.9 Å². The summed E-state index contributed by atoms with van der Waals surface area (Å²) in [5.74, 6) is 0. The molecule has 0 bridgehead atoms. The first-order chi connectivity index (χ1) is 8.37. The maximum atomic E-state index is 11.9. The second-order valence-corrected chi connectivity index (χ2v) is 5.64. The van der Waals surface area contributed by atoms with Gasteiger partial charge in [-0.05, 0) is 44.0 Å². The number of fused-ring (bicyclic) bond motifs is 1. The fraction of sp³-hybridized carbons (Fsp3) is 0.357. The molecule has 0 aromatic heterocycles. The molecule has 1 aliphatic heterocycles. The highest BCUT2D eigenvalue weighted by Crippen LogP contribution is 2.27. The molecule has 0 spiro atoms. The van der Waals surface area contributed by atoms with E-state index in [9.17, 15) is 4.79 Å². The molecule has 0 aliphatic carbocycles. The summed E-state index contributed by atoms with van der Waals surface area (Å²) in [7, 11) is 0. The summed E-state index contributed by atoms with van der Waals surface area (Å²) in [6.45, 7) is 5.98. The van der Waals surface area contributed by atoms with Crippen molar-refractivity contribution in [3.63, 3.8) is 0 Å². The van der Waals surface area contributed by atoms with Gasteiger partial charge in [-0.15, -0.1) is 0 Å². The maximum Gasteiger partial charge on any atom is 0.414 e. The van der Waals surface area contributed by atoms with Gasteiger partial charge in [-0.2, -0.15) is 0 Å². The molecule has 1 heterocycles. The number of hydrogen-bond donors (Lipinski definition) is 0. The second-order valence-electron chi connectivity index (χ2n) is 5.23. The van der Waals surface area contributed by atoms with E-state index in [0.29, 0.717) is 11.6 Å². The molecule has 0 saturated heterocycles. The number of ether oxygens (including phenoxy) is 1. The molecule has 1 aromatic rings. The number of carbonyl (C=O) groups excluding carboxylic acids is 1. The number of halogens is 1. The van der Waals surface area contributed by atoms with E-state index in [1.165, 1.54) is 4.90 Å². The van der Waals surface area contributed by atoms with E-state index >= 15 is 0 Å². The van der Waals surface area contributed by atoms with Gasteiger partial charge in [0.05, 0.1) is 6.54 Å². The summed E-state index contributed by atoms with van der Waals surface area (Å²) in [4.78, 5) is 13.5. The monoisotopic (exact) mass is 265 g/mol. The largest absolute Gasteiger partial charge is 0.443 e. The van der Waals surface area contributed by atoms with Gasteiger partial charge in [0, 0.05) is 11.2 Å². The Morgan fingerprint density at radius 3 is 2.78 bits per heavy atom. The zero-order valence-corrected chi connectivity index (χ0v) is 11.5. The third-order valence-corrected chi connectivity index (χ3v) is 2.90. The van der Waals surface area contributed by atoms with Gasteiger partial charge in [0.1, 0.15) is 5.60 Å². The van der Waals surface area contributed by atoms with E-state index in [2.05, 4.69) is 0 Å². The van der Waals surface area contributed by atoms with E-state index in [1.54, 1.807) is 6.20 Å². The fourth-order valence-corrected chi connectivity index (χ4v) is 1.98. The van der Waals surface area contributed by atoms with Gasteiger partial charge in [0.25, 0.3) is 0 Å². The summed E-state index contributed by atoms with van der Waals surface area (Å²) >= 11 is 6.13. The zero-order chi connectivity index (χ0) is 13.3. The second kappa shape index (κ2) is 4.65. The molecule has 1 amide bonds. The molecule has 4 heteroatoms. The van der Waals surface area contributed by atoms with Crippen LogP contribution in [-0.4, -0.2) is 16.6 Å². The quantitative estimate of drug-likeness (QED) is 0.708. The first-order valence-electron chi connectivity index (χ1n) is 5.82. The molecule has 0 saturated carbocycles. The number of hydrogen-bond acceptors (Lipinski definition) is 2. The van der Waals surface area contributed by atoms with Crippen molar-refractivity contribution in [3.8, 4) is 0 Å². The van der Waals surface area contributed by atoms with Crippen LogP contribution in [0.2, 0.25) is 5.02 Å². The van der Waals surface area contributed by atoms with Gasteiger partial charge in [-0.25, -0.2) is 4.79 Å². The molecule has 0 atom stereocenters. The molecule has 2 rings (SSSR count). The standard InChI is InChI=1S/C14H16ClNO2/c1-14(2,3)18-13(17)16-8-7-10-5-4-6-12(15)11(10)9-16/h4-8H,9H2,1-3H3. The highest BCUT2D eigenvalue weighted by molar-refractivity contribution is 6.31. The van der Waals surface area contributed by atoms with Crippen molar-refractivity contribution in [2.24, 2.45) is 0 Å². The molecule has 0 unspecified atom stereocenters. The Kier molecular flexibility index (Phi) is 3.35. The predicted octanol–water partition coefficient (Wildman–Crippen LogP) is 4.06. The molecule has 0 N–H and O–H groups in total. The fourth-order valence-electron chi connectivity index (χ4n) is 1.74. The van der Waals surface area contributed by atoms with Crippen LogP contribution < -0.4 is 0 Å². The van der Waals surface area contributed by atoms with Crippen LogP contribution in [0.15, 0.2) is 24.4 Å². The van der Waals surface area contributed by atoms with Crippen LogP contribution >= 0.6 is 11.6 Å². The summed E-state index contributed by atoms with van der Waals surface area (Å²) < 4.78 is 5.32. The van der Waals surface area contributed by atoms with Crippen molar-refractivity contribution in [1.29, 1.82) is 0 Å². The first-order valence-corrected chi connectivity index (χ1v) is 6.20. The predicted molar refractivity (Wildman–Crippen MR) is 72.3 cm³/mol. The SMILES string of the molecule is CC(C)(C)OC(=O)N1C=Cc2cccc(Cl)c2C1. The summed E-state index contributed by atoms with van der Waals surface area (Å²) in [5.41, 5.74) is 1.50. The van der Waals surface area contributed by atoms with Crippen molar-refractivity contribution >= 4 is 23.8 Å². The number of benzene rings is 1. The lowest BCUT2D eigenvalue weighted by atomic mass is 10.0. The van der Waals surface area contributed by atoms with Crippen LogP contribution in [0.25, 0.3) is 6.08 Å². The maximum absolute atomic E-state index is 11.9. The van der Waals surface area contributed by atoms with E-state index in [0.717, 1.165) is 11.1 Å². The minimum Gasteiger partial charge on any atom is -0.443 e. The minimum absolute atomic E-state index is 0.357. The van der Waals surface area contributed by atoms with Gasteiger partial charge in [0.2, 0.25) is 0 Å². The Morgan fingerprint density at radius 2 is 2.11 bits per heavy atom. The number of carbonyl (C=O) groups is 1.